The number of aryl methyl sites for hydroxylation is 2. The summed E-state index contributed by atoms with van der Waals surface area (Å²) in [6.45, 7) is 6.76. The monoisotopic (exact) mass is 598 g/mol. The molecular weight excluding hydrogens is 574 g/mol. The van der Waals surface area contributed by atoms with E-state index in [1.807, 2.05) is 57.2 Å². The van der Waals surface area contributed by atoms with E-state index in [9.17, 15) is 4.79 Å². The normalized spacial score (nSPS) is 10.6. The summed E-state index contributed by atoms with van der Waals surface area (Å²) in [5, 5.41) is 7.49. The Morgan fingerprint density at radius 1 is 1.00 bits per heavy atom. The molecule has 5 nitrogen and oxygen atoms in total. The zero-order chi connectivity index (χ0) is 24.0. The maximum absolute atomic E-state index is 12.4. The van der Waals surface area contributed by atoms with E-state index in [-0.39, 0.29) is 12.5 Å². The Hall–Kier alpha value is -2.16. The number of carbonyl (C=O) groups is 1. The minimum absolute atomic E-state index is 0.152. The first kappa shape index (κ1) is 25.5. The van der Waals surface area contributed by atoms with Gasteiger partial charge < -0.3 is 20.1 Å². The van der Waals surface area contributed by atoms with Crippen LogP contribution < -0.4 is 20.1 Å². The number of hydrogen-bond donors (Lipinski definition) is 2. The lowest BCUT2D eigenvalue weighted by molar-refractivity contribution is -0.118. The van der Waals surface area contributed by atoms with Crippen molar-refractivity contribution >= 4 is 63.1 Å². The summed E-state index contributed by atoms with van der Waals surface area (Å²) in [4.78, 5) is 12.4. The summed E-state index contributed by atoms with van der Waals surface area (Å²) in [5.74, 6) is 0.850. The van der Waals surface area contributed by atoms with Crippen LogP contribution in [0.2, 0.25) is 10.0 Å². The zero-order valence-electron chi connectivity index (χ0n) is 18.6. The molecule has 0 fully saturated rings. The zero-order valence-corrected chi connectivity index (χ0v) is 22.3. The van der Waals surface area contributed by atoms with Gasteiger partial charge in [-0.1, -0.05) is 35.3 Å². The van der Waals surface area contributed by atoms with E-state index in [2.05, 4.69) is 33.2 Å². The number of rotatable bonds is 9. The number of halogens is 3. The van der Waals surface area contributed by atoms with Gasteiger partial charge in [-0.05, 0) is 96.5 Å². The number of anilines is 2. The van der Waals surface area contributed by atoms with Crippen LogP contribution in [0.3, 0.4) is 0 Å². The Labute approximate surface area is 217 Å². The van der Waals surface area contributed by atoms with Crippen LogP contribution in [-0.2, 0) is 11.3 Å². The average Bonchev–Trinajstić information content (AvgIpc) is 2.76. The summed E-state index contributed by atoms with van der Waals surface area (Å²) in [5.41, 5.74) is 4.68. The first-order chi connectivity index (χ1) is 15.8. The molecule has 0 unspecified atom stereocenters. The van der Waals surface area contributed by atoms with Crippen LogP contribution in [0.15, 0.2) is 48.5 Å². The van der Waals surface area contributed by atoms with Crippen LogP contribution in [0.25, 0.3) is 0 Å². The van der Waals surface area contributed by atoms with Gasteiger partial charge in [0.1, 0.15) is 0 Å². The average molecular weight is 599 g/mol. The van der Waals surface area contributed by atoms with E-state index in [1.165, 1.54) is 0 Å². The molecule has 8 heteroatoms. The number of nitrogens with one attached hydrogen (secondary N) is 2. The Bertz CT molecular complexity index is 1150. The highest BCUT2D eigenvalue weighted by molar-refractivity contribution is 14.1. The van der Waals surface area contributed by atoms with Crippen molar-refractivity contribution < 1.29 is 14.3 Å². The summed E-state index contributed by atoms with van der Waals surface area (Å²) < 4.78 is 12.5. The van der Waals surface area contributed by atoms with Crippen LogP contribution in [-0.4, -0.2) is 19.1 Å². The number of amides is 1. The molecule has 33 heavy (non-hydrogen) atoms. The molecule has 0 radical (unpaired) electrons. The first-order valence-electron chi connectivity index (χ1n) is 10.4. The van der Waals surface area contributed by atoms with Crippen molar-refractivity contribution in [1.29, 1.82) is 0 Å². The standard InChI is InChI=1S/C25H25Cl2IN2O3/c1-4-32-23-10-17(13-29-22-11-18(26)7-5-16(22)3)9-21(28)25(23)33-14-24(31)30-19-8-6-15(2)20(27)12-19/h5-12,29H,4,13-14H2,1-3H3,(H,30,31). The first-order valence-corrected chi connectivity index (χ1v) is 12.2. The summed E-state index contributed by atoms with van der Waals surface area (Å²) in [6.07, 6.45) is 0. The predicted molar refractivity (Wildman–Crippen MR) is 144 cm³/mol. The van der Waals surface area contributed by atoms with Crippen molar-refractivity contribution in [3.63, 3.8) is 0 Å². The fraction of sp³-hybridized carbons (Fsp3) is 0.240. The van der Waals surface area contributed by atoms with Gasteiger partial charge in [-0.15, -0.1) is 0 Å². The lowest BCUT2D eigenvalue weighted by Crippen LogP contribution is -2.20. The highest BCUT2D eigenvalue weighted by Crippen LogP contribution is 2.35. The lowest BCUT2D eigenvalue weighted by atomic mass is 10.1. The fourth-order valence-corrected chi connectivity index (χ4v) is 4.29. The molecule has 0 aliphatic carbocycles. The topological polar surface area (TPSA) is 59.6 Å². The smallest absolute Gasteiger partial charge is 0.262 e. The third-order valence-corrected chi connectivity index (χ3v) is 6.30. The highest BCUT2D eigenvalue weighted by Gasteiger charge is 2.15. The lowest BCUT2D eigenvalue weighted by Gasteiger charge is -2.16. The van der Waals surface area contributed by atoms with Crippen LogP contribution >= 0.6 is 45.8 Å². The quantitative estimate of drug-likeness (QED) is 0.255. The van der Waals surface area contributed by atoms with Crippen molar-refractivity contribution in [1.82, 2.24) is 0 Å². The van der Waals surface area contributed by atoms with Crippen LogP contribution in [0, 0.1) is 17.4 Å². The molecule has 0 heterocycles. The SMILES string of the molecule is CCOc1cc(CNc2cc(Cl)ccc2C)cc(I)c1OCC(=O)Nc1ccc(C)c(Cl)c1. The molecule has 0 atom stereocenters. The van der Waals surface area contributed by atoms with E-state index in [0.29, 0.717) is 40.4 Å². The maximum atomic E-state index is 12.4. The van der Waals surface area contributed by atoms with Gasteiger partial charge in [-0.25, -0.2) is 0 Å². The van der Waals surface area contributed by atoms with Crippen LogP contribution in [0.5, 0.6) is 11.5 Å². The molecule has 0 aliphatic heterocycles. The Kier molecular flexibility index (Phi) is 9.11. The van der Waals surface area contributed by atoms with E-state index in [1.54, 1.807) is 12.1 Å². The number of ether oxygens (including phenoxy) is 2. The molecule has 3 rings (SSSR count). The molecule has 2 N–H and O–H groups in total. The van der Waals surface area contributed by atoms with Crippen molar-refractivity contribution in [2.75, 3.05) is 23.8 Å². The molecular formula is C25H25Cl2IN2O3. The highest BCUT2D eigenvalue weighted by atomic mass is 127. The van der Waals surface area contributed by atoms with Gasteiger partial charge in [-0.2, -0.15) is 0 Å². The minimum Gasteiger partial charge on any atom is -0.490 e. The van der Waals surface area contributed by atoms with Gasteiger partial charge in [0.2, 0.25) is 0 Å². The Morgan fingerprint density at radius 2 is 1.76 bits per heavy atom. The molecule has 3 aromatic rings. The third-order valence-electron chi connectivity index (χ3n) is 4.85. The van der Waals surface area contributed by atoms with E-state index in [4.69, 9.17) is 32.7 Å². The molecule has 1 amide bonds. The van der Waals surface area contributed by atoms with Gasteiger partial charge in [0.15, 0.2) is 18.1 Å². The molecule has 3 aromatic carbocycles. The number of benzene rings is 3. The third kappa shape index (κ3) is 7.16. The van der Waals surface area contributed by atoms with Crippen LogP contribution in [0.4, 0.5) is 11.4 Å². The van der Waals surface area contributed by atoms with Gasteiger partial charge in [-0.3, -0.25) is 4.79 Å². The van der Waals surface area contributed by atoms with Crippen molar-refractivity contribution in [2.24, 2.45) is 0 Å². The second kappa shape index (κ2) is 11.8. The molecule has 0 aliphatic rings. The van der Waals surface area contributed by atoms with Gasteiger partial charge in [0.25, 0.3) is 5.91 Å². The Morgan fingerprint density at radius 3 is 2.48 bits per heavy atom. The van der Waals surface area contributed by atoms with E-state index >= 15 is 0 Å². The van der Waals surface area contributed by atoms with Crippen molar-refractivity contribution in [3.8, 4) is 11.5 Å². The summed E-state index contributed by atoms with van der Waals surface area (Å²) >= 11 is 14.4. The van der Waals surface area contributed by atoms with Crippen LogP contribution in [0.1, 0.15) is 23.6 Å². The Balaban J connectivity index is 1.69. The number of carbonyl (C=O) groups excluding carboxylic acids is 1. The van der Waals surface area contributed by atoms with Gasteiger partial charge >= 0.3 is 0 Å². The predicted octanol–water partition coefficient (Wildman–Crippen LogP) is 7.24. The molecule has 0 saturated carbocycles. The molecule has 0 aromatic heterocycles. The number of hydrogen-bond acceptors (Lipinski definition) is 4. The van der Waals surface area contributed by atoms with E-state index in [0.717, 1.165) is 25.9 Å². The molecule has 0 saturated heterocycles. The van der Waals surface area contributed by atoms with Crippen molar-refractivity contribution in [3.05, 3.63) is 78.8 Å². The second-order valence-corrected chi connectivity index (χ2v) is 9.46. The summed E-state index contributed by atoms with van der Waals surface area (Å²) in [6, 6.07) is 15.1. The largest absolute Gasteiger partial charge is 0.490 e. The van der Waals surface area contributed by atoms with E-state index < -0.39 is 0 Å². The molecule has 174 valence electrons. The van der Waals surface area contributed by atoms with Gasteiger partial charge in [0.05, 0.1) is 10.2 Å². The van der Waals surface area contributed by atoms with Gasteiger partial charge in [0, 0.05) is 28.0 Å². The fourth-order valence-electron chi connectivity index (χ4n) is 3.11. The minimum atomic E-state index is -0.282. The molecule has 0 spiro atoms. The second-order valence-electron chi connectivity index (χ2n) is 7.45. The summed E-state index contributed by atoms with van der Waals surface area (Å²) in [7, 11) is 0. The maximum Gasteiger partial charge on any atom is 0.262 e. The van der Waals surface area contributed by atoms with Crippen molar-refractivity contribution in [2.45, 2.75) is 27.3 Å². The molecule has 0 bridgehead atoms.